The fourth-order valence-corrected chi connectivity index (χ4v) is 5.48. The maximum atomic E-state index is 12.4. The summed E-state index contributed by atoms with van der Waals surface area (Å²) in [6.45, 7) is 4.84. The number of ether oxygens (including phenoxy) is 1. The van der Waals surface area contributed by atoms with E-state index in [0.717, 1.165) is 23.4 Å². The number of pyridine rings is 1. The molecule has 0 spiro atoms. The smallest absolute Gasteiger partial charge is 0.341 e. The number of aromatic carboxylic acids is 1. The van der Waals surface area contributed by atoms with Crippen molar-refractivity contribution in [3.05, 3.63) is 62.6 Å². The number of fused-ring (bicyclic) bond motifs is 2. The molecule has 1 aromatic carbocycles. The first-order chi connectivity index (χ1) is 14.1. The highest BCUT2D eigenvalue weighted by molar-refractivity contribution is 5.87. The monoisotopic (exact) mass is 412 g/mol. The molecule has 0 radical (unpaired) electrons. The van der Waals surface area contributed by atoms with Crippen molar-refractivity contribution >= 4 is 5.97 Å². The molecule has 1 unspecified atom stereocenters. The first kappa shape index (κ1) is 20.6. The largest absolute Gasteiger partial charge is 0.497 e. The van der Waals surface area contributed by atoms with Gasteiger partial charge in [-0.2, -0.15) is 0 Å². The van der Waals surface area contributed by atoms with E-state index < -0.39 is 22.5 Å². The predicted molar refractivity (Wildman–Crippen MR) is 112 cm³/mol. The third-order valence-electron chi connectivity index (χ3n) is 7.42. The van der Waals surface area contributed by atoms with Crippen molar-refractivity contribution in [1.82, 2.24) is 9.88 Å². The third-order valence-corrected chi connectivity index (χ3v) is 7.42. The van der Waals surface area contributed by atoms with Gasteiger partial charge in [-0.3, -0.25) is 4.79 Å². The SMILES string of the molecule is COc1ccc(C)c([C@@]23CCN(C)C(C)[C@]2(O)Cc2cc(C(=O)O)c(=O)[nH]c2C3)c1. The number of aromatic amines is 1. The number of H-pyrrole nitrogens is 1. The summed E-state index contributed by atoms with van der Waals surface area (Å²) in [7, 11) is 3.62. The Bertz CT molecular complexity index is 1080. The summed E-state index contributed by atoms with van der Waals surface area (Å²) >= 11 is 0. The quantitative estimate of drug-likeness (QED) is 0.711. The molecule has 1 fully saturated rings. The van der Waals surface area contributed by atoms with Crippen LogP contribution in [-0.2, 0) is 18.3 Å². The molecule has 0 bridgehead atoms. The maximum Gasteiger partial charge on any atom is 0.341 e. The lowest BCUT2D eigenvalue weighted by molar-refractivity contribution is -0.132. The Hall–Kier alpha value is -2.64. The van der Waals surface area contributed by atoms with Crippen LogP contribution in [0.4, 0.5) is 0 Å². The third kappa shape index (κ3) is 2.80. The molecule has 3 N–H and O–H groups in total. The average Bonchev–Trinajstić information content (AvgIpc) is 2.70. The number of piperidine rings is 1. The van der Waals surface area contributed by atoms with E-state index >= 15 is 0 Å². The van der Waals surface area contributed by atoms with Crippen LogP contribution in [0.15, 0.2) is 29.1 Å². The minimum absolute atomic E-state index is 0.162. The average molecular weight is 412 g/mol. The molecular formula is C23H28N2O5. The second-order valence-corrected chi connectivity index (χ2v) is 8.77. The maximum absolute atomic E-state index is 12.4. The molecule has 1 aliphatic carbocycles. The zero-order valence-corrected chi connectivity index (χ0v) is 17.8. The van der Waals surface area contributed by atoms with Crippen molar-refractivity contribution in [2.45, 2.75) is 50.2 Å². The second-order valence-electron chi connectivity index (χ2n) is 8.77. The Labute approximate surface area is 175 Å². The fraction of sp³-hybridized carbons (Fsp3) is 0.478. The summed E-state index contributed by atoms with van der Waals surface area (Å²) in [5, 5.41) is 21.6. The zero-order valence-electron chi connectivity index (χ0n) is 17.8. The Morgan fingerprint density at radius 2 is 2.03 bits per heavy atom. The van der Waals surface area contributed by atoms with Crippen molar-refractivity contribution in [2.24, 2.45) is 0 Å². The topological polar surface area (TPSA) is 103 Å². The molecule has 0 amide bonds. The molecule has 4 rings (SSSR count). The number of nitrogens with one attached hydrogen (secondary N) is 1. The van der Waals surface area contributed by atoms with Crippen molar-refractivity contribution in [2.75, 3.05) is 20.7 Å². The molecule has 1 aliphatic heterocycles. The lowest BCUT2D eigenvalue weighted by Crippen LogP contribution is -2.70. The van der Waals surface area contributed by atoms with Gasteiger partial charge < -0.3 is 24.8 Å². The van der Waals surface area contributed by atoms with E-state index in [-0.39, 0.29) is 18.0 Å². The molecule has 160 valence electrons. The van der Waals surface area contributed by atoms with Gasteiger partial charge in [0.25, 0.3) is 5.56 Å². The number of rotatable bonds is 3. The summed E-state index contributed by atoms with van der Waals surface area (Å²) in [4.78, 5) is 28.8. The minimum Gasteiger partial charge on any atom is -0.497 e. The van der Waals surface area contributed by atoms with Crippen LogP contribution < -0.4 is 10.3 Å². The highest BCUT2D eigenvalue weighted by Gasteiger charge is 2.60. The van der Waals surface area contributed by atoms with Crippen LogP contribution in [0, 0.1) is 6.92 Å². The van der Waals surface area contributed by atoms with Crippen LogP contribution in [0.1, 0.15) is 46.1 Å². The van der Waals surface area contributed by atoms with Crippen LogP contribution in [0.2, 0.25) is 0 Å². The molecule has 2 heterocycles. The first-order valence-electron chi connectivity index (χ1n) is 10.2. The zero-order chi connectivity index (χ0) is 21.8. The molecule has 1 saturated heterocycles. The number of carbonyl (C=O) groups is 1. The Morgan fingerprint density at radius 3 is 2.70 bits per heavy atom. The number of likely N-dealkylation sites (N-methyl/N-ethyl adjacent to an activating group) is 1. The molecule has 3 atom stereocenters. The molecule has 7 heteroatoms. The first-order valence-corrected chi connectivity index (χ1v) is 10.2. The second kappa shape index (κ2) is 6.96. The number of likely N-dealkylation sites (tertiary alicyclic amines) is 1. The predicted octanol–water partition coefficient (Wildman–Crippen LogP) is 1.88. The Morgan fingerprint density at radius 1 is 1.30 bits per heavy atom. The highest BCUT2D eigenvalue weighted by atomic mass is 16.5. The number of carboxylic acid groups (broad SMARTS) is 1. The molecule has 2 aromatic rings. The van der Waals surface area contributed by atoms with E-state index in [1.165, 1.54) is 6.07 Å². The molecule has 7 nitrogen and oxygen atoms in total. The van der Waals surface area contributed by atoms with Crippen LogP contribution in [0.25, 0.3) is 0 Å². The number of benzene rings is 1. The minimum atomic E-state index is -1.26. The molecule has 1 aromatic heterocycles. The molecule has 0 saturated carbocycles. The number of nitrogens with zero attached hydrogens (tertiary/aromatic N) is 1. The summed E-state index contributed by atoms with van der Waals surface area (Å²) in [6, 6.07) is 7.17. The van der Waals surface area contributed by atoms with E-state index in [4.69, 9.17) is 4.74 Å². The van der Waals surface area contributed by atoms with Gasteiger partial charge in [0.2, 0.25) is 0 Å². The molecule has 2 aliphatic rings. The van der Waals surface area contributed by atoms with Crippen molar-refractivity contribution in [3.63, 3.8) is 0 Å². The fourth-order valence-electron chi connectivity index (χ4n) is 5.48. The van der Waals surface area contributed by atoms with Crippen LogP contribution >= 0.6 is 0 Å². The standard InChI is InChI=1S/C23H28N2O5/c1-13-5-6-16(30-4)10-18(13)22-7-8-25(3)14(2)23(22,29)11-15-9-17(21(27)28)20(26)24-19(15)12-22/h5-6,9-10,14,29H,7-8,11-12H2,1-4H3,(H,24,26)(H,27,28)/t14?,22-,23+/m0/s1. The van der Waals surface area contributed by atoms with Crippen molar-refractivity contribution in [3.8, 4) is 5.75 Å². The normalized spacial score (nSPS) is 28.5. The van der Waals surface area contributed by atoms with E-state index in [2.05, 4.69) is 9.88 Å². The van der Waals surface area contributed by atoms with Crippen molar-refractivity contribution < 1.29 is 19.7 Å². The van der Waals surface area contributed by atoms with Gasteiger partial charge in [-0.15, -0.1) is 0 Å². The van der Waals surface area contributed by atoms with Crippen LogP contribution in [0.3, 0.4) is 0 Å². The van der Waals surface area contributed by atoms with Crippen molar-refractivity contribution in [1.29, 1.82) is 0 Å². The number of aromatic nitrogens is 1. The lowest BCUT2D eigenvalue weighted by Gasteiger charge is -2.59. The van der Waals surface area contributed by atoms with Crippen LogP contribution in [0.5, 0.6) is 5.75 Å². The summed E-state index contributed by atoms with van der Waals surface area (Å²) < 4.78 is 5.47. The Kier molecular flexibility index (Phi) is 4.78. The number of hydrogen-bond acceptors (Lipinski definition) is 5. The van der Waals surface area contributed by atoms with Gasteiger partial charge in [0.15, 0.2) is 0 Å². The molecular weight excluding hydrogens is 384 g/mol. The van der Waals surface area contributed by atoms with E-state index in [1.54, 1.807) is 7.11 Å². The Balaban J connectivity index is 1.98. The van der Waals surface area contributed by atoms with Crippen LogP contribution in [-0.4, -0.2) is 58.4 Å². The lowest BCUT2D eigenvalue weighted by atomic mass is 9.53. The van der Waals surface area contributed by atoms with Gasteiger partial charge >= 0.3 is 5.97 Å². The number of aryl methyl sites for hydroxylation is 1. The number of carboxylic acids is 1. The van der Waals surface area contributed by atoms with Gasteiger partial charge in [-0.25, -0.2) is 4.79 Å². The number of methoxy groups -OCH3 is 1. The highest BCUT2D eigenvalue weighted by Crippen LogP contribution is 2.53. The van der Waals surface area contributed by atoms with Gasteiger partial charge in [0.1, 0.15) is 11.3 Å². The van der Waals surface area contributed by atoms with Gasteiger partial charge in [-0.05, 0) is 68.8 Å². The van der Waals surface area contributed by atoms with Gasteiger partial charge in [0, 0.05) is 30.0 Å². The summed E-state index contributed by atoms with van der Waals surface area (Å²) in [5.74, 6) is -0.542. The number of aliphatic hydroxyl groups is 1. The summed E-state index contributed by atoms with van der Waals surface area (Å²) in [6.07, 6.45) is 1.40. The molecule has 30 heavy (non-hydrogen) atoms. The van der Waals surface area contributed by atoms with Gasteiger partial charge in [-0.1, -0.05) is 6.07 Å². The summed E-state index contributed by atoms with van der Waals surface area (Å²) in [5.41, 5.74) is 0.791. The van der Waals surface area contributed by atoms with Gasteiger partial charge in [0.05, 0.1) is 12.7 Å². The van der Waals surface area contributed by atoms with E-state index in [1.807, 2.05) is 39.1 Å². The van der Waals surface area contributed by atoms with E-state index in [9.17, 15) is 19.8 Å². The number of hydrogen-bond donors (Lipinski definition) is 3. The van der Waals surface area contributed by atoms with E-state index in [0.29, 0.717) is 24.1 Å².